The van der Waals surface area contributed by atoms with Gasteiger partial charge in [-0.25, -0.2) is 15.0 Å². The standard InChI is InChI=1S/C35H21N5/c1-2-18-36-28(5-1)29-15-12-22-6-10-26(20-32(22)38-29)27-11-7-23-13-16-30(39-33(23)21-27)31-17-14-25-9-8-24-4-3-19-37-34(24)35(25)40-31/h1-21H. The first-order chi connectivity index (χ1) is 19.8. The van der Waals surface area contributed by atoms with Crippen molar-refractivity contribution < 1.29 is 0 Å². The molecule has 0 N–H and O–H groups in total. The van der Waals surface area contributed by atoms with Crippen LogP contribution in [0.2, 0.25) is 0 Å². The molecule has 0 unspecified atom stereocenters. The first-order valence-corrected chi connectivity index (χ1v) is 13.2. The van der Waals surface area contributed by atoms with Gasteiger partial charge in [0.1, 0.15) is 0 Å². The maximum Gasteiger partial charge on any atom is 0.0972 e. The maximum atomic E-state index is 5.03. The third-order valence-corrected chi connectivity index (χ3v) is 7.34. The van der Waals surface area contributed by atoms with Crippen LogP contribution in [-0.4, -0.2) is 24.9 Å². The molecule has 0 saturated heterocycles. The minimum Gasteiger partial charge on any atom is -0.255 e. The van der Waals surface area contributed by atoms with Gasteiger partial charge >= 0.3 is 0 Å². The first kappa shape index (κ1) is 22.4. The van der Waals surface area contributed by atoms with Crippen LogP contribution in [0, 0.1) is 0 Å². The second kappa shape index (κ2) is 9.03. The molecule has 0 atom stereocenters. The van der Waals surface area contributed by atoms with Crippen LogP contribution in [-0.2, 0) is 0 Å². The van der Waals surface area contributed by atoms with Crippen LogP contribution in [0.1, 0.15) is 0 Å². The molecular weight excluding hydrogens is 490 g/mol. The van der Waals surface area contributed by atoms with Gasteiger partial charge in [0.05, 0.1) is 44.8 Å². The fourth-order valence-electron chi connectivity index (χ4n) is 5.26. The molecule has 5 aromatic heterocycles. The van der Waals surface area contributed by atoms with Gasteiger partial charge in [-0.3, -0.25) is 9.97 Å². The molecule has 0 aliphatic carbocycles. The molecule has 0 aliphatic heterocycles. The van der Waals surface area contributed by atoms with Gasteiger partial charge in [0, 0.05) is 33.9 Å². The van der Waals surface area contributed by atoms with Gasteiger partial charge in [0.25, 0.3) is 0 Å². The molecular formula is C35H21N5. The maximum absolute atomic E-state index is 5.03. The number of fused-ring (bicyclic) bond motifs is 5. The van der Waals surface area contributed by atoms with Crippen LogP contribution in [0.25, 0.3) is 77.5 Å². The molecule has 0 radical (unpaired) electrons. The van der Waals surface area contributed by atoms with Gasteiger partial charge in [-0.1, -0.05) is 66.7 Å². The normalized spacial score (nSPS) is 11.5. The van der Waals surface area contributed by atoms with Crippen LogP contribution >= 0.6 is 0 Å². The van der Waals surface area contributed by atoms with Crippen LogP contribution < -0.4 is 0 Å². The van der Waals surface area contributed by atoms with Gasteiger partial charge in [-0.2, -0.15) is 0 Å². The van der Waals surface area contributed by atoms with Gasteiger partial charge < -0.3 is 0 Å². The summed E-state index contributed by atoms with van der Waals surface area (Å²) in [5.41, 5.74) is 9.21. The number of rotatable bonds is 3. The minimum absolute atomic E-state index is 0.829. The third-order valence-electron chi connectivity index (χ3n) is 7.34. The largest absolute Gasteiger partial charge is 0.255 e. The lowest BCUT2D eigenvalue weighted by Gasteiger charge is -2.09. The van der Waals surface area contributed by atoms with Crippen LogP contribution in [0.3, 0.4) is 0 Å². The molecule has 5 heteroatoms. The van der Waals surface area contributed by atoms with Crippen LogP contribution in [0.15, 0.2) is 128 Å². The molecule has 8 aromatic rings. The Morgan fingerprint density at radius 1 is 0.350 bits per heavy atom. The van der Waals surface area contributed by atoms with Crippen molar-refractivity contribution in [2.24, 2.45) is 0 Å². The Hall–Kier alpha value is -5.55. The number of pyridine rings is 5. The van der Waals surface area contributed by atoms with Crippen LogP contribution in [0.5, 0.6) is 0 Å². The molecule has 8 rings (SSSR count). The summed E-state index contributed by atoms with van der Waals surface area (Å²) in [7, 11) is 0. The second-order valence-corrected chi connectivity index (χ2v) is 9.83. The number of hydrogen-bond acceptors (Lipinski definition) is 5. The van der Waals surface area contributed by atoms with Gasteiger partial charge in [-0.05, 0) is 59.7 Å². The topological polar surface area (TPSA) is 64.5 Å². The van der Waals surface area contributed by atoms with Gasteiger partial charge in [0.15, 0.2) is 0 Å². The Morgan fingerprint density at radius 2 is 0.900 bits per heavy atom. The Kier molecular flexibility index (Phi) is 5.07. The molecule has 0 fully saturated rings. The van der Waals surface area contributed by atoms with Crippen molar-refractivity contribution in [1.29, 1.82) is 0 Å². The number of hydrogen-bond donors (Lipinski definition) is 0. The Bertz CT molecular complexity index is 2220. The molecule has 5 nitrogen and oxygen atoms in total. The molecule has 186 valence electrons. The SMILES string of the molecule is c1ccc(-c2ccc3ccc(-c4ccc5ccc(-c6ccc7ccc8cccnc8c7n6)nc5c4)cc3n2)nc1. The Balaban J connectivity index is 1.21. The number of benzene rings is 3. The van der Waals surface area contributed by atoms with E-state index >= 15 is 0 Å². The number of aromatic nitrogens is 5. The average molecular weight is 512 g/mol. The van der Waals surface area contributed by atoms with Crippen molar-refractivity contribution in [3.05, 3.63) is 128 Å². The highest BCUT2D eigenvalue weighted by atomic mass is 14.8. The molecule has 40 heavy (non-hydrogen) atoms. The van der Waals surface area contributed by atoms with E-state index in [1.165, 1.54) is 0 Å². The van der Waals surface area contributed by atoms with Crippen molar-refractivity contribution in [3.8, 4) is 33.9 Å². The summed E-state index contributed by atoms with van der Waals surface area (Å²) in [4.78, 5) is 24.0. The summed E-state index contributed by atoms with van der Waals surface area (Å²) in [6.45, 7) is 0. The molecule has 3 aromatic carbocycles. The van der Waals surface area contributed by atoms with E-state index in [-0.39, 0.29) is 0 Å². The predicted octanol–water partition coefficient (Wildman–Crippen LogP) is 8.28. The molecule has 0 aliphatic rings. The fraction of sp³-hybridized carbons (Fsp3) is 0. The summed E-state index contributed by atoms with van der Waals surface area (Å²) < 4.78 is 0. The highest BCUT2D eigenvalue weighted by Crippen LogP contribution is 2.30. The van der Waals surface area contributed by atoms with E-state index in [0.29, 0.717) is 0 Å². The highest BCUT2D eigenvalue weighted by Gasteiger charge is 2.10. The van der Waals surface area contributed by atoms with E-state index < -0.39 is 0 Å². The molecule has 0 amide bonds. The fourth-order valence-corrected chi connectivity index (χ4v) is 5.26. The smallest absolute Gasteiger partial charge is 0.0972 e. The summed E-state index contributed by atoms with van der Waals surface area (Å²) in [6, 6.07) is 39.2. The van der Waals surface area contributed by atoms with Crippen molar-refractivity contribution in [3.63, 3.8) is 0 Å². The van der Waals surface area contributed by atoms with E-state index in [4.69, 9.17) is 15.0 Å². The van der Waals surface area contributed by atoms with Gasteiger partial charge in [0.2, 0.25) is 0 Å². The lowest BCUT2D eigenvalue weighted by Crippen LogP contribution is -1.92. The summed E-state index contributed by atoms with van der Waals surface area (Å²) in [6.07, 6.45) is 3.61. The average Bonchev–Trinajstić information content (AvgIpc) is 3.04. The van der Waals surface area contributed by atoms with Crippen LogP contribution in [0.4, 0.5) is 0 Å². The van der Waals surface area contributed by atoms with E-state index in [0.717, 1.165) is 77.5 Å². The quantitative estimate of drug-likeness (QED) is 0.223. The zero-order valence-corrected chi connectivity index (χ0v) is 21.4. The highest BCUT2D eigenvalue weighted by molar-refractivity contribution is 6.03. The summed E-state index contributed by atoms with van der Waals surface area (Å²) in [5, 5.41) is 4.31. The van der Waals surface area contributed by atoms with E-state index in [9.17, 15) is 0 Å². The Labute approximate surface area is 229 Å². The predicted molar refractivity (Wildman–Crippen MR) is 162 cm³/mol. The lowest BCUT2D eigenvalue weighted by molar-refractivity contribution is 1.28. The van der Waals surface area contributed by atoms with E-state index in [1.807, 2.05) is 48.7 Å². The lowest BCUT2D eigenvalue weighted by atomic mass is 10.0. The van der Waals surface area contributed by atoms with Crippen molar-refractivity contribution in [2.45, 2.75) is 0 Å². The Morgan fingerprint density at radius 3 is 1.57 bits per heavy atom. The van der Waals surface area contributed by atoms with Crippen molar-refractivity contribution >= 4 is 43.6 Å². The molecule has 0 bridgehead atoms. The van der Waals surface area contributed by atoms with Gasteiger partial charge in [-0.15, -0.1) is 0 Å². The number of nitrogens with zero attached hydrogens (tertiary/aromatic N) is 5. The second-order valence-electron chi connectivity index (χ2n) is 9.83. The van der Waals surface area contributed by atoms with E-state index in [2.05, 4.69) is 82.8 Å². The molecule has 0 spiro atoms. The first-order valence-electron chi connectivity index (χ1n) is 13.2. The zero-order chi connectivity index (χ0) is 26.5. The zero-order valence-electron chi connectivity index (χ0n) is 21.4. The third kappa shape index (κ3) is 3.84. The molecule has 5 heterocycles. The van der Waals surface area contributed by atoms with Crippen molar-refractivity contribution in [2.75, 3.05) is 0 Å². The minimum atomic E-state index is 0.829. The van der Waals surface area contributed by atoms with E-state index in [1.54, 1.807) is 6.20 Å². The summed E-state index contributed by atoms with van der Waals surface area (Å²) in [5.74, 6) is 0. The van der Waals surface area contributed by atoms with Crippen molar-refractivity contribution in [1.82, 2.24) is 24.9 Å². The summed E-state index contributed by atoms with van der Waals surface area (Å²) >= 11 is 0. The monoisotopic (exact) mass is 511 g/mol. The molecule has 0 saturated carbocycles.